The Balaban J connectivity index is 2.15. The molecule has 1 aromatic heterocycles. The van der Waals surface area contributed by atoms with Gasteiger partial charge in [-0.3, -0.25) is 9.59 Å². The van der Waals surface area contributed by atoms with Gasteiger partial charge in [0.15, 0.2) is 9.84 Å². The highest BCUT2D eigenvalue weighted by atomic mass is 32.2. The zero-order chi connectivity index (χ0) is 17.2. The first-order valence-corrected chi connectivity index (χ1v) is 8.85. The number of hydrogen-bond acceptors (Lipinski definition) is 4. The molecule has 0 aliphatic carbocycles. The van der Waals surface area contributed by atoms with Gasteiger partial charge < -0.3 is 9.88 Å². The van der Waals surface area contributed by atoms with E-state index in [4.69, 9.17) is 0 Å². The zero-order valence-corrected chi connectivity index (χ0v) is 13.9. The van der Waals surface area contributed by atoms with E-state index in [1.165, 1.54) is 29.0 Å². The lowest BCUT2D eigenvalue weighted by Crippen LogP contribution is -2.28. The maximum absolute atomic E-state index is 12.2. The van der Waals surface area contributed by atoms with E-state index in [0.29, 0.717) is 0 Å². The van der Waals surface area contributed by atoms with E-state index in [9.17, 15) is 18.0 Å². The van der Waals surface area contributed by atoms with Crippen molar-refractivity contribution in [1.82, 2.24) is 9.88 Å². The molecule has 2 aromatic rings. The van der Waals surface area contributed by atoms with Crippen LogP contribution in [0.15, 0.2) is 52.3 Å². The van der Waals surface area contributed by atoms with Crippen LogP contribution in [0.2, 0.25) is 0 Å². The first-order chi connectivity index (χ1) is 10.7. The van der Waals surface area contributed by atoms with Crippen molar-refractivity contribution in [3.8, 4) is 0 Å². The Morgan fingerprint density at radius 3 is 2.30 bits per heavy atom. The maximum Gasteiger partial charge on any atom is 0.252 e. The van der Waals surface area contributed by atoms with Crippen LogP contribution in [0.1, 0.15) is 28.9 Å². The average Bonchev–Trinajstić information content (AvgIpc) is 2.49. The van der Waals surface area contributed by atoms with Crippen LogP contribution < -0.4 is 10.9 Å². The SMILES string of the molecule is C[C@@H](NC(=O)c1ccn(C)c(=O)c1)c1ccc(S(C)(=O)=O)cc1. The van der Waals surface area contributed by atoms with Crippen molar-refractivity contribution in [3.05, 3.63) is 64.1 Å². The van der Waals surface area contributed by atoms with Crippen LogP contribution in [0.5, 0.6) is 0 Å². The molecule has 122 valence electrons. The van der Waals surface area contributed by atoms with Crippen molar-refractivity contribution < 1.29 is 13.2 Å². The van der Waals surface area contributed by atoms with Crippen LogP contribution in [0.4, 0.5) is 0 Å². The van der Waals surface area contributed by atoms with Crippen molar-refractivity contribution in [2.75, 3.05) is 6.26 Å². The summed E-state index contributed by atoms with van der Waals surface area (Å²) in [5, 5.41) is 2.78. The largest absolute Gasteiger partial charge is 0.346 e. The number of amides is 1. The Morgan fingerprint density at radius 2 is 1.78 bits per heavy atom. The monoisotopic (exact) mass is 334 g/mol. The van der Waals surface area contributed by atoms with Crippen LogP contribution in [-0.4, -0.2) is 25.1 Å². The van der Waals surface area contributed by atoms with Crippen LogP contribution in [0.25, 0.3) is 0 Å². The van der Waals surface area contributed by atoms with Gasteiger partial charge in [-0.05, 0) is 30.7 Å². The first-order valence-electron chi connectivity index (χ1n) is 6.96. The number of sulfone groups is 1. The Morgan fingerprint density at radius 1 is 1.17 bits per heavy atom. The normalized spacial score (nSPS) is 12.7. The molecule has 0 radical (unpaired) electrons. The van der Waals surface area contributed by atoms with Crippen molar-refractivity contribution in [2.45, 2.75) is 17.9 Å². The van der Waals surface area contributed by atoms with Gasteiger partial charge in [0.2, 0.25) is 0 Å². The predicted octanol–water partition coefficient (Wildman–Crippen LogP) is 1.28. The van der Waals surface area contributed by atoms with Gasteiger partial charge in [-0.25, -0.2) is 8.42 Å². The molecule has 0 saturated carbocycles. The average molecular weight is 334 g/mol. The third kappa shape index (κ3) is 4.07. The van der Waals surface area contributed by atoms with Crippen LogP contribution >= 0.6 is 0 Å². The summed E-state index contributed by atoms with van der Waals surface area (Å²) in [6.07, 6.45) is 2.67. The third-order valence-electron chi connectivity index (χ3n) is 3.52. The number of pyridine rings is 1. The highest BCUT2D eigenvalue weighted by Gasteiger charge is 2.13. The fraction of sp³-hybridized carbons (Fsp3) is 0.250. The van der Waals surface area contributed by atoms with Crippen molar-refractivity contribution in [2.24, 2.45) is 7.05 Å². The predicted molar refractivity (Wildman–Crippen MR) is 87.1 cm³/mol. The van der Waals surface area contributed by atoms with Gasteiger partial charge >= 0.3 is 0 Å². The van der Waals surface area contributed by atoms with E-state index in [0.717, 1.165) is 11.8 Å². The molecule has 0 saturated heterocycles. The number of nitrogens with one attached hydrogen (secondary N) is 1. The highest BCUT2D eigenvalue weighted by molar-refractivity contribution is 7.90. The van der Waals surface area contributed by atoms with Gasteiger partial charge in [-0.2, -0.15) is 0 Å². The summed E-state index contributed by atoms with van der Waals surface area (Å²) in [4.78, 5) is 23.9. The molecule has 1 heterocycles. The molecule has 23 heavy (non-hydrogen) atoms. The summed E-state index contributed by atoms with van der Waals surface area (Å²) in [5.41, 5.74) is 0.796. The van der Waals surface area contributed by atoms with Crippen molar-refractivity contribution in [1.29, 1.82) is 0 Å². The Labute approximate surface area is 134 Å². The zero-order valence-electron chi connectivity index (χ0n) is 13.1. The Kier molecular flexibility index (Phi) is 4.70. The molecular weight excluding hydrogens is 316 g/mol. The van der Waals surface area contributed by atoms with Crippen molar-refractivity contribution in [3.63, 3.8) is 0 Å². The van der Waals surface area contributed by atoms with Gasteiger partial charge in [-0.15, -0.1) is 0 Å². The number of rotatable bonds is 4. The fourth-order valence-corrected chi connectivity index (χ4v) is 2.69. The topological polar surface area (TPSA) is 85.2 Å². The van der Waals surface area contributed by atoms with Gasteiger partial charge in [0.25, 0.3) is 11.5 Å². The molecule has 0 unspecified atom stereocenters. The fourth-order valence-electron chi connectivity index (χ4n) is 2.06. The second-order valence-corrected chi connectivity index (χ2v) is 7.42. The Bertz CT molecular complexity index is 883. The number of nitrogens with zero attached hydrogens (tertiary/aromatic N) is 1. The van der Waals surface area contributed by atoms with E-state index < -0.39 is 9.84 Å². The lowest BCUT2D eigenvalue weighted by atomic mass is 10.1. The number of aryl methyl sites for hydroxylation is 1. The molecule has 0 bridgehead atoms. The minimum Gasteiger partial charge on any atom is -0.346 e. The molecule has 1 amide bonds. The molecule has 1 aromatic carbocycles. The van der Waals surface area contributed by atoms with Gasteiger partial charge in [0, 0.05) is 31.1 Å². The summed E-state index contributed by atoms with van der Waals surface area (Å²) in [6, 6.07) is 8.85. The third-order valence-corrected chi connectivity index (χ3v) is 4.65. The number of hydrogen-bond donors (Lipinski definition) is 1. The number of carbonyl (C=O) groups is 1. The van der Waals surface area contributed by atoms with Gasteiger partial charge in [0.1, 0.15) is 0 Å². The molecule has 2 rings (SSSR count). The molecule has 1 N–H and O–H groups in total. The lowest BCUT2D eigenvalue weighted by Gasteiger charge is -2.15. The molecule has 0 aliphatic rings. The quantitative estimate of drug-likeness (QED) is 0.913. The van der Waals surface area contributed by atoms with Crippen LogP contribution in [0, 0.1) is 0 Å². The molecule has 0 spiro atoms. The van der Waals surface area contributed by atoms with E-state index in [1.807, 2.05) is 0 Å². The van der Waals surface area contributed by atoms with Crippen LogP contribution in [-0.2, 0) is 16.9 Å². The molecule has 6 nitrogen and oxygen atoms in total. The lowest BCUT2D eigenvalue weighted by molar-refractivity contribution is 0.0939. The van der Waals surface area contributed by atoms with E-state index in [2.05, 4.69) is 5.32 Å². The van der Waals surface area contributed by atoms with Gasteiger partial charge in [0.05, 0.1) is 10.9 Å². The summed E-state index contributed by atoms with van der Waals surface area (Å²) in [6.45, 7) is 1.79. The number of aromatic nitrogens is 1. The second kappa shape index (κ2) is 6.37. The minimum absolute atomic E-state index is 0.228. The molecule has 0 fully saturated rings. The van der Waals surface area contributed by atoms with Crippen LogP contribution in [0.3, 0.4) is 0 Å². The molecule has 1 atom stereocenters. The number of benzene rings is 1. The van der Waals surface area contributed by atoms with E-state index in [1.54, 1.807) is 32.2 Å². The maximum atomic E-state index is 12.2. The smallest absolute Gasteiger partial charge is 0.252 e. The molecule has 0 aliphatic heterocycles. The highest BCUT2D eigenvalue weighted by Crippen LogP contribution is 2.16. The Hall–Kier alpha value is -2.41. The van der Waals surface area contributed by atoms with E-state index >= 15 is 0 Å². The summed E-state index contributed by atoms with van der Waals surface area (Å²) in [5.74, 6) is -0.359. The van der Waals surface area contributed by atoms with E-state index in [-0.39, 0.29) is 28.0 Å². The summed E-state index contributed by atoms with van der Waals surface area (Å²) in [7, 11) is -1.64. The molecular formula is C16H18N2O4S. The first kappa shape index (κ1) is 17.0. The summed E-state index contributed by atoms with van der Waals surface area (Å²) < 4.78 is 24.2. The standard InChI is InChI=1S/C16H18N2O4S/c1-11(12-4-6-14(7-5-12)23(3,21)22)17-16(20)13-8-9-18(2)15(19)10-13/h4-11H,1-3H3,(H,17,20)/t11-/m1/s1. The molecule has 7 heteroatoms. The minimum atomic E-state index is -3.24. The van der Waals surface area contributed by atoms with Gasteiger partial charge in [-0.1, -0.05) is 12.1 Å². The van der Waals surface area contributed by atoms with Crippen molar-refractivity contribution >= 4 is 15.7 Å². The number of carbonyl (C=O) groups excluding carboxylic acids is 1. The summed E-state index contributed by atoms with van der Waals surface area (Å²) >= 11 is 0. The second-order valence-electron chi connectivity index (χ2n) is 5.40.